The third-order valence-electron chi connectivity index (χ3n) is 2.42. The third kappa shape index (κ3) is 1.99. The fourth-order valence-electron chi connectivity index (χ4n) is 1.81. The molecule has 1 aliphatic heterocycles. The van der Waals surface area contributed by atoms with Crippen molar-refractivity contribution in [1.29, 1.82) is 0 Å². The highest BCUT2D eigenvalue weighted by Crippen LogP contribution is 2.23. The fraction of sp³-hybridized carbons (Fsp3) is 0.778. The molecule has 1 aliphatic rings. The molecule has 1 amide bonds. The Morgan fingerprint density at radius 2 is 2.15 bits per heavy atom. The number of rotatable bonds is 1. The maximum absolute atomic E-state index is 11.4. The van der Waals surface area contributed by atoms with Gasteiger partial charge in [-0.1, -0.05) is 6.92 Å². The van der Waals surface area contributed by atoms with E-state index in [0.717, 1.165) is 6.42 Å². The molecule has 0 aromatic rings. The first-order chi connectivity index (χ1) is 6.06. The molecule has 0 radical (unpaired) electrons. The van der Waals surface area contributed by atoms with Gasteiger partial charge in [-0.25, -0.2) is 0 Å². The zero-order valence-electron chi connectivity index (χ0n) is 8.16. The van der Waals surface area contributed by atoms with Crippen LogP contribution in [0.3, 0.4) is 0 Å². The number of amides is 1. The quantitative estimate of drug-likeness (QED) is 0.473. The highest BCUT2D eigenvalue weighted by Gasteiger charge is 2.38. The molecule has 1 fully saturated rings. The van der Waals surface area contributed by atoms with Gasteiger partial charge in [0.2, 0.25) is 5.91 Å². The van der Waals surface area contributed by atoms with E-state index in [1.165, 1.54) is 7.11 Å². The Morgan fingerprint density at radius 1 is 1.54 bits per heavy atom. The number of nitrogens with one attached hydrogen (secondary N) is 1. The van der Waals surface area contributed by atoms with Crippen LogP contribution in [-0.4, -0.2) is 25.0 Å². The SMILES string of the molecule is COC(=O)[C@H]1C(=O)N[C@@H](C)CC1C. The molecular formula is C9H15NO3. The number of piperidine rings is 1. The number of hydrogen-bond donors (Lipinski definition) is 1. The molecule has 1 N–H and O–H groups in total. The van der Waals surface area contributed by atoms with Crippen LogP contribution in [0.4, 0.5) is 0 Å². The maximum atomic E-state index is 11.4. The molecule has 1 rings (SSSR count). The van der Waals surface area contributed by atoms with Crippen molar-refractivity contribution in [3.8, 4) is 0 Å². The van der Waals surface area contributed by atoms with Gasteiger partial charge in [-0.15, -0.1) is 0 Å². The summed E-state index contributed by atoms with van der Waals surface area (Å²) in [5, 5.41) is 2.74. The lowest BCUT2D eigenvalue weighted by molar-refractivity contribution is -0.154. The highest BCUT2D eigenvalue weighted by atomic mass is 16.5. The lowest BCUT2D eigenvalue weighted by atomic mass is 9.84. The summed E-state index contributed by atoms with van der Waals surface area (Å²) >= 11 is 0. The van der Waals surface area contributed by atoms with Crippen LogP contribution in [-0.2, 0) is 14.3 Å². The number of hydrogen-bond acceptors (Lipinski definition) is 3. The summed E-state index contributed by atoms with van der Waals surface area (Å²) in [7, 11) is 1.31. The molecule has 4 heteroatoms. The largest absolute Gasteiger partial charge is 0.468 e. The van der Waals surface area contributed by atoms with E-state index in [1.807, 2.05) is 13.8 Å². The summed E-state index contributed by atoms with van der Waals surface area (Å²) in [5.41, 5.74) is 0. The van der Waals surface area contributed by atoms with Gasteiger partial charge in [0.05, 0.1) is 7.11 Å². The average molecular weight is 185 g/mol. The van der Waals surface area contributed by atoms with Gasteiger partial charge in [0, 0.05) is 6.04 Å². The molecule has 1 heterocycles. The summed E-state index contributed by atoms with van der Waals surface area (Å²) in [5.74, 6) is -1.20. The molecule has 74 valence electrons. The Balaban J connectivity index is 2.72. The van der Waals surface area contributed by atoms with Crippen LogP contribution in [0.5, 0.6) is 0 Å². The van der Waals surface area contributed by atoms with Gasteiger partial charge in [0.25, 0.3) is 0 Å². The van der Waals surface area contributed by atoms with Crippen molar-refractivity contribution >= 4 is 11.9 Å². The molecule has 0 saturated carbocycles. The minimum atomic E-state index is -0.624. The van der Waals surface area contributed by atoms with Gasteiger partial charge in [-0.3, -0.25) is 9.59 Å². The second-order valence-electron chi connectivity index (χ2n) is 3.62. The molecule has 0 aromatic carbocycles. The molecule has 0 bridgehead atoms. The van der Waals surface area contributed by atoms with Crippen molar-refractivity contribution in [3.05, 3.63) is 0 Å². The van der Waals surface area contributed by atoms with Crippen LogP contribution in [0.2, 0.25) is 0 Å². The van der Waals surface area contributed by atoms with Crippen LogP contribution >= 0.6 is 0 Å². The zero-order valence-corrected chi connectivity index (χ0v) is 8.16. The summed E-state index contributed by atoms with van der Waals surface area (Å²) in [6, 6.07) is 0.156. The van der Waals surface area contributed by atoms with Gasteiger partial charge >= 0.3 is 5.97 Å². The predicted molar refractivity (Wildman–Crippen MR) is 46.9 cm³/mol. The normalized spacial score (nSPS) is 33.8. The number of ether oxygens (including phenoxy) is 1. The molecular weight excluding hydrogens is 170 g/mol. The van der Waals surface area contributed by atoms with Gasteiger partial charge in [0.15, 0.2) is 0 Å². The van der Waals surface area contributed by atoms with Gasteiger partial charge < -0.3 is 10.1 Å². The average Bonchev–Trinajstić information content (AvgIpc) is 2.02. The van der Waals surface area contributed by atoms with Gasteiger partial charge in [-0.2, -0.15) is 0 Å². The molecule has 1 saturated heterocycles. The smallest absolute Gasteiger partial charge is 0.318 e. The van der Waals surface area contributed by atoms with Gasteiger partial charge in [-0.05, 0) is 19.3 Å². The van der Waals surface area contributed by atoms with Crippen LogP contribution in [0.15, 0.2) is 0 Å². The minimum Gasteiger partial charge on any atom is -0.468 e. The second kappa shape index (κ2) is 3.77. The van der Waals surface area contributed by atoms with E-state index in [-0.39, 0.29) is 17.9 Å². The van der Waals surface area contributed by atoms with Crippen LogP contribution in [0.1, 0.15) is 20.3 Å². The van der Waals surface area contributed by atoms with Crippen molar-refractivity contribution < 1.29 is 14.3 Å². The molecule has 0 spiro atoms. The van der Waals surface area contributed by atoms with Crippen LogP contribution < -0.4 is 5.32 Å². The zero-order chi connectivity index (χ0) is 10.0. The van der Waals surface area contributed by atoms with Crippen molar-refractivity contribution in [2.75, 3.05) is 7.11 Å². The standard InChI is InChI=1S/C9H15NO3/c1-5-4-6(2)10-8(11)7(5)9(12)13-3/h5-7H,4H2,1-3H3,(H,10,11)/t5?,6-,7+/m0/s1. The summed E-state index contributed by atoms with van der Waals surface area (Å²) < 4.78 is 4.57. The van der Waals surface area contributed by atoms with E-state index in [1.54, 1.807) is 0 Å². The Labute approximate surface area is 77.6 Å². The molecule has 0 aliphatic carbocycles. The highest BCUT2D eigenvalue weighted by molar-refractivity contribution is 5.98. The Morgan fingerprint density at radius 3 is 2.62 bits per heavy atom. The lowest BCUT2D eigenvalue weighted by Gasteiger charge is -2.30. The molecule has 0 aromatic heterocycles. The van der Waals surface area contributed by atoms with Crippen molar-refractivity contribution in [1.82, 2.24) is 5.32 Å². The van der Waals surface area contributed by atoms with E-state index in [4.69, 9.17) is 0 Å². The first kappa shape index (κ1) is 10.0. The Hall–Kier alpha value is -1.06. The third-order valence-corrected chi connectivity index (χ3v) is 2.42. The van der Waals surface area contributed by atoms with E-state index in [0.29, 0.717) is 0 Å². The predicted octanol–water partition coefficient (Wildman–Crippen LogP) is 0.320. The minimum absolute atomic E-state index is 0.0659. The lowest BCUT2D eigenvalue weighted by Crippen LogP contribution is -2.49. The number of methoxy groups -OCH3 is 1. The number of esters is 1. The topological polar surface area (TPSA) is 55.4 Å². The van der Waals surface area contributed by atoms with Crippen molar-refractivity contribution in [2.24, 2.45) is 11.8 Å². The first-order valence-corrected chi connectivity index (χ1v) is 4.44. The second-order valence-corrected chi connectivity index (χ2v) is 3.62. The molecule has 1 unspecified atom stereocenters. The summed E-state index contributed by atoms with van der Waals surface area (Å²) in [6.45, 7) is 3.83. The summed E-state index contributed by atoms with van der Waals surface area (Å²) in [4.78, 5) is 22.6. The maximum Gasteiger partial charge on any atom is 0.318 e. The number of carbonyl (C=O) groups excluding carboxylic acids is 2. The van der Waals surface area contributed by atoms with E-state index >= 15 is 0 Å². The Bertz CT molecular complexity index is 227. The molecule has 4 nitrogen and oxygen atoms in total. The Kier molecular flexibility index (Phi) is 2.90. The van der Waals surface area contributed by atoms with Crippen LogP contribution in [0, 0.1) is 11.8 Å². The monoisotopic (exact) mass is 185 g/mol. The van der Waals surface area contributed by atoms with Crippen molar-refractivity contribution in [3.63, 3.8) is 0 Å². The van der Waals surface area contributed by atoms with E-state index in [9.17, 15) is 9.59 Å². The first-order valence-electron chi connectivity index (χ1n) is 4.44. The molecule has 3 atom stereocenters. The molecule has 13 heavy (non-hydrogen) atoms. The van der Waals surface area contributed by atoms with E-state index in [2.05, 4.69) is 10.1 Å². The summed E-state index contributed by atoms with van der Waals surface area (Å²) in [6.07, 6.45) is 0.825. The van der Waals surface area contributed by atoms with E-state index < -0.39 is 11.9 Å². The number of carbonyl (C=O) groups is 2. The fourth-order valence-corrected chi connectivity index (χ4v) is 1.81. The van der Waals surface area contributed by atoms with Crippen LogP contribution in [0.25, 0.3) is 0 Å². The van der Waals surface area contributed by atoms with Gasteiger partial charge in [0.1, 0.15) is 5.92 Å². The van der Waals surface area contributed by atoms with Crippen molar-refractivity contribution in [2.45, 2.75) is 26.3 Å².